The number of hydrogen-bond acceptors (Lipinski definition) is 3. The Morgan fingerprint density at radius 3 is 2.42 bits per heavy atom. The van der Waals surface area contributed by atoms with Crippen LogP contribution in [0, 0.1) is 0 Å². The number of halogens is 1. The van der Waals surface area contributed by atoms with Gasteiger partial charge in [0.05, 0.1) is 0 Å². The minimum atomic E-state index is 0.494. The maximum absolute atomic E-state index is 5.67. The Bertz CT molecular complexity index is 339. The standard InChI is InChI=1S/C15H25BrN2O/c1-4-18(5-2)12-13(3)17-10-11-19-15-8-6-14(16)7-9-15/h6-9,13,17H,4-5,10-12H2,1-3H3. The molecule has 0 saturated heterocycles. The second-order valence-corrected chi connectivity index (χ2v) is 5.56. The molecule has 19 heavy (non-hydrogen) atoms. The van der Waals surface area contributed by atoms with E-state index in [1.54, 1.807) is 0 Å². The van der Waals surface area contributed by atoms with Crippen LogP contribution in [0.2, 0.25) is 0 Å². The fourth-order valence-electron chi connectivity index (χ4n) is 1.94. The fraction of sp³-hybridized carbons (Fsp3) is 0.600. The zero-order valence-corrected chi connectivity index (χ0v) is 13.7. The average Bonchev–Trinajstić information content (AvgIpc) is 2.43. The van der Waals surface area contributed by atoms with Crippen molar-refractivity contribution in [1.82, 2.24) is 10.2 Å². The summed E-state index contributed by atoms with van der Waals surface area (Å²) in [7, 11) is 0. The molecule has 0 heterocycles. The van der Waals surface area contributed by atoms with Gasteiger partial charge in [-0.3, -0.25) is 0 Å². The van der Waals surface area contributed by atoms with Crippen molar-refractivity contribution in [2.24, 2.45) is 0 Å². The van der Waals surface area contributed by atoms with Crippen LogP contribution in [-0.2, 0) is 0 Å². The average molecular weight is 329 g/mol. The van der Waals surface area contributed by atoms with Gasteiger partial charge in [-0.2, -0.15) is 0 Å². The first-order valence-electron chi connectivity index (χ1n) is 6.99. The number of nitrogens with zero attached hydrogens (tertiary/aromatic N) is 1. The Labute approximate surface area is 125 Å². The smallest absolute Gasteiger partial charge is 0.119 e. The topological polar surface area (TPSA) is 24.5 Å². The molecule has 108 valence electrons. The molecule has 0 bridgehead atoms. The second-order valence-electron chi connectivity index (χ2n) is 4.64. The molecule has 0 aliphatic heterocycles. The molecule has 1 aromatic carbocycles. The molecule has 3 nitrogen and oxygen atoms in total. The van der Waals surface area contributed by atoms with E-state index >= 15 is 0 Å². The van der Waals surface area contributed by atoms with Crippen molar-refractivity contribution < 1.29 is 4.74 Å². The molecule has 0 aliphatic rings. The molecule has 0 saturated carbocycles. The number of benzene rings is 1. The maximum Gasteiger partial charge on any atom is 0.119 e. The first-order chi connectivity index (χ1) is 9.15. The van der Waals surface area contributed by atoms with Crippen molar-refractivity contribution in [3.63, 3.8) is 0 Å². The summed E-state index contributed by atoms with van der Waals surface area (Å²) < 4.78 is 6.75. The molecular formula is C15H25BrN2O. The number of ether oxygens (including phenoxy) is 1. The Kier molecular flexibility index (Phi) is 8.10. The Hall–Kier alpha value is -0.580. The molecule has 0 spiro atoms. The first kappa shape index (κ1) is 16.5. The van der Waals surface area contributed by atoms with E-state index in [2.05, 4.69) is 46.9 Å². The van der Waals surface area contributed by atoms with Crippen LogP contribution in [0.4, 0.5) is 0 Å². The summed E-state index contributed by atoms with van der Waals surface area (Å²) in [4.78, 5) is 2.42. The van der Waals surface area contributed by atoms with E-state index in [0.29, 0.717) is 12.6 Å². The summed E-state index contributed by atoms with van der Waals surface area (Å²) in [5.74, 6) is 0.918. The predicted octanol–water partition coefficient (Wildman–Crippen LogP) is 3.15. The quantitative estimate of drug-likeness (QED) is 0.705. The molecule has 1 unspecified atom stereocenters. The van der Waals surface area contributed by atoms with Gasteiger partial charge in [0.1, 0.15) is 12.4 Å². The summed E-state index contributed by atoms with van der Waals surface area (Å²) in [6, 6.07) is 8.43. The molecule has 1 N–H and O–H groups in total. The summed E-state index contributed by atoms with van der Waals surface area (Å²) >= 11 is 3.41. The van der Waals surface area contributed by atoms with Crippen LogP contribution in [0.3, 0.4) is 0 Å². The normalized spacial score (nSPS) is 12.7. The van der Waals surface area contributed by atoms with Gasteiger partial charge in [0, 0.05) is 23.6 Å². The Morgan fingerprint density at radius 2 is 1.84 bits per heavy atom. The predicted molar refractivity (Wildman–Crippen MR) is 84.9 cm³/mol. The van der Waals surface area contributed by atoms with Gasteiger partial charge >= 0.3 is 0 Å². The lowest BCUT2D eigenvalue weighted by molar-refractivity contribution is 0.256. The van der Waals surface area contributed by atoms with Gasteiger partial charge in [0.25, 0.3) is 0 Å². The van der Waals surface area contributed by atoms with E-state index in [-0.39, 0.29) is 0 Å². The van der Waals surface area contributed by atoms with Crippen molar-refractivity contribution in [3.05, 3.63) is 28.7 Å². The minimum Gasteiger partial charge on any atom is -0.492 e. The fourth-order valence-corrected chi connectivity index (χ4v) is 2.20. The van der Waals surface area contributed by atoms with E-state index in [0.717, 1.165) is 36.4 Å². The van der Waals surface area contributed by atoms with E-state index in [1.165, 1.54) is 0 Å². The highest BCUT2D eigenvalue weighted by Gasteiger charge is 2.05. The van der Waals surface area contributed by atoms with Gasteiger partial charge in [-0.05, 0) is 44.3 Å². The lowest BCUT2D eigenvalue weighted by Crippen LogP contribution is -2.40. The van der Waals surface area contributed by atoms with Crippen molar-refractivity contribution in [2.75, 3.05) is 32.8 Å². The summed E-state index contributed by atoms with van der Waals surface area (Å²) in [6.07, 6.45) is 0. The molecule has 4 heteroatoms. The SMILES string of the molecule is CCN(CC)CC(C)NCCOc1ccc(Br)cc1. The molecular weight excluding hydrogens is 304 g/mol. The van der Waals surface area contributed by atoms with Crippen molar-refractivity contribution in [2.45, 2.75) is 26.8 Å². The molecule has 0 fully saturated rings. The molecule has 1 aromatic rings. The largest absolute Gasteiger partial charge is 0.492 e. The van der Waals surface area contributed by atoms with Crippen LogP contribution in [0.25, 0.3) is 0 Å². The third kappa shape index (κ3) is 6.95. The van der Waals surface area contributed by atoms with Crippen LogP contribution >= 0.6 is 15.9 Å². The minimum absolute atomic E-state index is 0.494. The van der Waals surface area contributed by atoms with Crippen LogP contribution in [0.1, 0.15) is 20.8 Å². The van der Waals surface area contributed by atoms with E-state index in [9.17, 15) is 0 Å². The van der Waals surface area contributed by atoms with Gasteiger partial charge in [0.2, 0.25) is 0 Å². The van der Waals surface area contributed by atoms with Crippen molar-refractivity contribution in [1.29, 1.82) is 0 Å². The van der Waals surface area contributed by atoms with E-state index in [4.69, 9.17) is 4.74 Å². The third-order valence-corrected chi connectivity index (χ3v) is 3.63. The molecule has 0 aliphatic carbocycles. The third-order valence-electron chi connectivity index (χ3n) is 3.10. The lowest BCUT2D eigenvalue weighted by atomic mass is 10.3. The number of nitrogens with one attached hydrogen (secondary N) is 1. The molecule has 0 aromatic heterocycles. The van der Waals surface area contributed by atoms with E-state index in [1.807, 2.05) is 24.3 Å². The maximum atomic E-state index is 5.67. The molecule has 1 rings (SSSR count). The van der Waals surface area contributed by atoms with Gasteiger partial charge < -0.3 is 15.0 Å². The number of likely N-dealkylation sites (N-methyl/N-ethyl adjacent to an activating group) is 1. The van der Waals surface area contributed by atoms with Gasteiger partial charge in [-0.15, -0.1) is 0 Å². The van der Waals surface area contributed by atoms with Gasteiger partial charge in [-0.1, -0.05) is 29.8 Å². The van der Waals surface area contributed by atoms with Crippen LogP contribution in [0.15, 0.2) is 28.7 Å². The van der Waals surface area contributed by atoms with Crippen LogP contribution < -0.4 is 10.1 Å². The zero-order chi connectivity index (χ0) is 14.1. The molecule has 0 radical (unpaired) electrons. The number of rotatable bonds is 9. The Morgan fingerprint density at radius 1 is 1.21 bits per heavy atom. The lowest BCUT2D eigenvalue weighted by Gasteiger charge is -2.23. The van der Waals surface area contributed by atoms with Crippen molar-refractivity contribution in [3.8, 4) is 5.75 Å². The van der Waals surface area contributed by atoms with Crippen molar-refractivity contribution >= 4 is 15.9 Å². The van der Waals surface area contributed by atoms with Crippen LogP contribution in [-0.4, -0.2) is 43.7 Å². The molecule has 1 atom stereocenters. The summed E-state index contributed by atoms with van der Waals surface area (Å²) in [6.45, 7) is 11.5. The van der Waals surface area contributed by atoms with Gasteiger partial charge in [-0.25, -0.2) is 0 Å². The first-order valence-corrected chi connectivity index (χ1v) is 7.79. The Balaban J connectivity index is 2.14. The zero-order valence-electron chi connectivity index (χ0n) is 12.2. The highest BCUT2D eigenvalue weighted by Crippen LogP contribution is 2.15. The highest BCUT2D eigenvalue weighted by molar-refractivity contribution is 9.10. The summed E-state index contributed by atoms with van der Waals surface area (Å²) in [5, 5.41) is 3.49. The monoisotopic (exact) mass is 328 g/mol. The molecule has 0 amide bonds. The van der Waals surface area contributed by atoms with E-state index < -0.39 is 0 Å². The second kappa shape index (κ2) is 9.34. The van der Waals surface area contributed by atoms with Gasteiger partial charge in [0.15, 0.2) is 0 Å². The number of hydrogen-bond donors (Lipinski definition) is 1. The van der Waals surface area contributed by atoms with Crippen LogP contribution in [0.5, 0.6) is 5.75 Å². The highest BCUT2D eigenvalue weighted by atomic mass is 79.9. The summed E-state index contributed by atoms with van der Waals surface area (Å²) in [5.41, 5.74) is 0.